The van der Waals surface area contributed by atoms with Crippen molar-refractivity contribution in [3.63, 3.8) is 0 Å². The van der Waals surface area contributed by atoms with Crippen LogP contribution in [0.2, 0.25) is 0 Å². The largest absolute Gasteiger partial charge is 0.491 e. The third-order valence-corrected chi connectivity index (χ3v) is 4.17. The van der Waals surface area contributed by atoms with Gasteiger partial charge in [0, 0.05) is 19.2 Å². The third kappa shape index (κ3) is 19.4. The summed E-state index contributed by atoms with van der Waals surface area (Å²) in [7, 11) is 0. The van der Waals surface area contributed by atoms with Gasteiger partial charge in [0.2, 0.25) is 5.91 Å². The van der Waals surface area contributed by atoms with Crippen LogP contribution in [0.3, 0.4) is 0 Å². The zero-order valence-electron chi connectivity index (χ0n) is 20.2. The van der Waals surface area contributed by atoms with Crippen LogP contribution in [0.5, 0.6) is 5.75 Å². The fourth-order valence-electron chi connectivity index (χ4n) is 2.50. The minimum absolute atomic E-state index is 0.101. The van der Waals surface area contributed by atoms with E-state index in [-0.39, 0.29) is 5.91 Å². The molecule has 0 aliphatic heterocycles. The molecule has 0 aliphatic carbocycles. The molecule has 0 atom stereocenters. The quantitative estimate of drug-likeness (QED) is 0.244. The van der Waals surface area contributed by atoms with Gasteiger partial charge in [-0.25, -0.2) is 0 Å². The van der Waals surface area contributed by atoms with Crippen molar-refractivity contribution in [3.05, 3.63) is 24.3 Å². The van der Waals surface area contributed by atoms with Crippen LogP contribution in [0.25, 0.3) is 0 Å². The number of carbonyl (C=O) groups excluding carboxylic acids is 1. The Morgan fingerprint density at radius 3 is 1.42 bits per heavy atom. The Labute approximate surface area is 198 Å². The molecule has 0 saturated carbocycles. The van der Waals surface area contributed by atoms with Crippen molar-refractivity contribution in [1.29, 1.82) is 0 Å². The van der Waals surface area contributed by atoms with Crippen molar-refractivity contribution in [3.8, 4) is 5.75 Å². The molecule has 0 saturated heterocycles. The summed E-state index contributed by atoms with van der Waals surface area (Å²) in [5.74, 6) is 0.626. The first-order chi connectivity index (χ1) is 16.2. The molecule has 33 heavy (non-hydrogen) atoms. The second kappa shape index (κ2) is 22.1. The average molecular weight is 472 g/mol. The molecule has 9 heteroatoms. The minimum Gasteiger partial charge on any atom is -0.491 e. The molecule has 1 amide bonds. The van der Waals surface area contributed by atoms with Crippen LogP contribution in [-0.2, 0) is 33.2 Å². The van der Waals surface area contributed by atoms with Gasteiger partial charge in [-0.15, -0.1) is 0 Å². The van der Waals surface area contributed by atoms with Gasteiger partial charge in [0.15, 0.2) is 0 Å². The number of carbonyl (C=O) groups is 1. The van der Waals surface area contributed by atoms with Crippen LogP contribution in [0.15, 0.2) is 24.3 Å². The molecule has 1 rings (SSSR count). The Balaban J connectivity index is 1.75. The number of rotatable bonds is 23. The number of unbranched alkanes of at least 4 members (excludes halogenated alkanes) is 1. The Morgan fingerprint density at radius 1 is 0.636 bits per heavy atom. The van der Waals surface area contributed by atoms with E-state index in [0.717, 1.165) is 30.9 Å². The summed E-state index contributed by atoms with van der Waals surface area (Å²) in [6, 6.07) is 7.19. The highest BCUT2D eigenvalue weighted by Gasteiger charge is 1.98. The number of hydrogen-bond acceptors (Lipinski definition) is 8. The van der Waals surface area contributed by atoms with Crippen molar-refractivity contribution in [2.75, 3.05) is 91.2 Å². The molecule has 190 valence electrons. The summed E-state index contributed by atoms with van der Waals surface area (Å²) in [4.78, 5) is 11.0. The maximum Gasteiger partial charge on any atom is 0.221 e. The smallest absolute Gasteiger partial charge is 0.221 e. The van der Waals surface area contributed by atoms with E-state index in [0.29, 0.717) is 79.3 Å². The van der Waals surface area contributed by atoms with E-state index in [1.165, 1.54) is 6.92 Å². The van der Waals surface area contributed by atoms with E-state index in [2.05, 4.69) is 12.2 Å². The van der Waals surface area contributed by atoms with Crippen molar-refractivity contribution < 1.29 is 38.0 Å². The van der Waals surface area contributed by atoms with Crippen molar-refractivity contribution in [1.82, 2.24) is 0 Å². The zero-order chi connectivity index (χ0) is 23.8. The minimum atomic E-state index is -0.101. The van der Waals surface area contributed by atoms with E-state index in [1.54, 1.807) is 24.3 Å². The van der Waals surface area contributed by atoms with E-state index in [9.17, 15) is 4.79 Å². The second-order valence-corrected chi connectivity index (χ2v) is 7.08. The average Bonchev–Trinajstić information content (AvgIpc) is 2.81. The lowest BCUT2D eigenvalue weighted by Gasteiger charge is -2.09. The molecule has 0 aliphatic rings. The molecule has 0 spiro atoms. The number of benzene rings is 1. The molecule has 0 heterocycles. The normalized spacial score (nSPS) is 11.0. The first kappa shape index (κ1) is 29.3. The molecule has 1 N–H and O–H groups in total. The summed E-state index contributed by atoms with van der Waals surface area (Å²) in [5.41, 5.74) is 0.740. The van der Waals surface area contributed by atoms with Gasteiger partial charge in [0.05, 0.1) is 72.7 Å². The predicted octanol–water partition coefficient (Wildman–Crippen LogP) is 2.92. The van der Waals surface area contributed by atoms with E-state index >= 15 is 0 Å². The second-order valence-electron chi connectivity index (χ2n) is 7.08. The van der Waals surface area contributed by atoms with Crippen molar-refractivity contribution in [2.24, 2.45) is 0 Å². The predicted molar refractivity (Wildman–Crippen MR) is 126 cm³/mol. The SMILES string of the molecule is CCCCOCCOCCOCCOCCOCCOCCOc1ccc(NC(C)=O)cc1. The van der Waals surface area contributed by atoms with Crippen molar-refractivity contribution in [2.45, 2.75) is 26.7 Å². The lowest BCUT2D eigenvalue weighted by atomic mass is 10.3. The highest BCUT2D eigenvalue weighted by atomic mass is 16.6. The maximum absolute atomic E-state index is 11.0. The number of anilines is 1. The highest BCUT2D eigenvalue weighted by Crippen LogP contribution is 2.15. The van der Waals surface area contributed by atoms with Gasteiger partial charge in [-0.05, 0) is 30.7 Å². The summed E-state index contributed by atoms with van der Waals surface area (Å²) in [5, 5.41) is 2.71. The number of ether oxygens (including phenoxy) is 7. The Hall–Kier alpha value is -1.75. The Morgan fingerprint density at radius 2 is 1.03 bits per heavy atom. The number of hydrogen-bond donors (Lipinski definition) is 1. The van der Waals surface area contributed by atoms with Gasteiger partial charge >= 0.3 is 0 Å². The molecule has 0 bridgehead atoms. The molecule has 0 unspecified atom stereocenters. The topological polar surface area (TPSA) is 93.7 Å². The maximum atomic E-state index is 11.0. The van der Waals surface area contributed by atoms with E-state index in [1.807, 2.05) is 0 Å². The van der Waals surface area contributed by atoms with Gasteiger partial charge in [-0.3, -0.25) is 4.79 Å². The molecule has 0 radical (unpaired) electrons. The lowest BCUT2D eigenvalue weighted by Crippen LogP contribution is -2.14. The van der Waals surface area contributed by atoms with Gasteiger partial charge in [0.1, 0.15) is 12.4 Å². The fourth-order valence-corrected chi connectivity index (χ4v) is 2.50. The molecule has 1 aromatic carbocycles. The van der Waals surface area contributed by atoms with Gasteiger partial charge in [-0.2, -0.15) is 0 Å². The Bertz CT molecular complexity index is 570. The highest BCUT2D eigenvalue weighted by molar-refractivity contribution is 5.88. The van der Waals surface area contributed by atoms with Gasteiger partial charge in [0.25, 0.3) is 0 Å². The van der Waals surface area contributed by atoms with Crippen LogP contribution in [-0.4, -0.2) is 91.8 Å². The first-order valence-electron chi connectivity index (χ1n) is 11.7. The van der Waals surface area contributed by atoms with Crippen LogP contribution < -0.4 is 10.1 Å². The summed E-state index contributed by atoms with van der Waals surface area (Å²) < 4.78 is 38.2. The summed E-state index contributed by atoms with van der Waals surface area (Å²) in [6.45, 7) is 10.8. The van der Waals surface area contributed by atoms with Crippen LogP contribution in [0.4, 0.5) is 5.69 Å². The standard InChI is InChI=1S/C24H41NO8/c1-3-4-9-27-10-11-28-12-13-29-14-15-30-16-17-31-18-19-32-20-21-33-24-7-5-23(6-8-24)25-22(2)26/h5-8H,3-4,9-21H2,1-2H3,(H,25,26). The monoisotopic (exact) mass is 471 g/mol. The van der Waals surface area contributed by atoms with Crippen LogP contribution in [0, 0.1) is 0 Å². The first-order valence-corrected chi connectivity index (χ1v) is 11.7. The zero-order valence-corrected chi connectivity index (χ0v) is 20.2. The van der Waals surface area contributed by atoms with Crippen molar-refractivity contribution >= 4 is 11.6 Å². The van der Waals surface area contributed by atoms with E-state index < -0.39 is 0 Å². The molecule has 1 aromatic rings. The molecule has 9 nitrogen and oxygen atoms in total. The molecular formula is C24H41NO8. The van der Waals surface area contributed by atoms with Crippen LogP contribution >= 0.6 is 0 Å². The lowest BCUT2D eigenvalue weighted by molar-refractivity contribution is -0.114. The van der Waals surface area contributed by atoms with Crippen LogP contribution in [0.1, 0.15) is 26.7 Å². The fraction of sp³-hybridized carbons (Fsp3) is 0.708. The number of amides is 1. The van der Waals surface area contributed by atoms with Gasteiger partial charge < -0.3 is 38.5 Å². The number of nitrogens with one attached hydrogen (secondary N) is 1. The molecule has 0 fully saturated rings. The third-order valence-electron chi connectivity index (χ3n) is 4.17. The van der Waals surface area contributed by atoms with Gasteiger partial charge in [-0.1, -0.05) is 13.3 Å². The summed E-state index contributed by atoms with van der Waals surface area (Å²) in [6.07, 6.45) is 2.24. The molecular weight excluding hydrogens is 430 g/mol. The summed E-state index contributed by atoms with van der Waals surface area (Å²) >= 11 is 0. The Kier molecular flexibility index (Phi) is 19.6. The van der Waals surface area contributed by atoms with E-state index in [4.69, 9.17) is 33.2 Å². The molecule has 0 aromatic heterocycles.